The number of H-pyrrole nitrogens is 1. The summed E-state index contributed by atoms with van der Waals surface area (Å²) in [6.07, 6.45) is 2.39. The first-order valence-electron chi connectivity index (χ1n) is 10.2. The number of benzene rings is 2. The van der Waals surface area contributed by atoms with Gasteiger partial charge in [0.1, 0.15) is 22.9 Å². The molecule has 2 aromatic carbocycles. The second-order valence-corrected chi connectivity index (χ2v) is 9.34. The molecule has 0 aliphatic heterocycles. The summed E-state index contributed by atoms with van der Waals surface area (Å²) < 4.78 is 10.7. The van der Waals surface area contributed by atoms with Crippen molar-refractivity contribution in [2.75, 3.05) is 13.4 Å². The number of aromatic amines is 1. The summed E-state index contributed by atoms with van der Waals surface area (Å²) in [6, 6.07) is 13.6. The van der Waals surface area contributed by atoms with Crippen molar-refractivity contribution in [2.24, 2.45) is 5.73 Å². The van der Waals surface area contributed by atoms with Crippen LogP contribution < -0.4 is 20.7 Å². The van der Waals surface area contributed by atoms with Crippen LogP contribution in [0.2, 0.25) is 0 Å². The molecule has 0 bridgehead atoms. The number of ether oxygens (including phenoxy) is 2. The highest BCUT2D eigenvalue weighted by Crippen LogP contribution is 2.25. The number of methoxy groups -OCH3 is 1. The Balaban J connectivity index is 1.61. The Labute approximate surface area is 204 Å². The van der Waals surface area contributed by atoms with E-state index in [0.717, 1.165) is 22.5 Å². The molecule has 0 radical (unpaired) electrons. The summed E-state index contributed by atoms with van der Waals surface area (Å²) >= 11 is 2.16. The third kappa shape index (κ3) is 6.86. The fourth-order valence-corrected chi connectivity index (χ4v) is 4.13. The quantitative estimate of drug-likeness (QED) is 0.244. The number of nitrogens with one attached hydrogen (secondary N) is 2. The van der Waals surface area contributed by atoms with E-state index in [1.807, 2.05) is 12.1 Å². The first-order chi connectivity index (χ1) is 16.3. The molecule has 2 atom stereocenters. The lowest BCUT2D eigenvalue weighted by Gasteiger charge is -2.18. The number of carbonyl (C=O) groups excluding carboxylic acids is 2. The smallest absolute Gasteiger partial charge is 0.328 e. The van der Waals surface area contributed by atoms with Crippen LogP contribution in [0.3, 0.4) is 0 Å². The molecular formula is C23H25N3O6S2. The lowest BCUT2D eigenvalue weighted by atomic mass is 10.1. The maximum absolute atomic E-state index is 12.1. The van der Waals surface area contributed by atoms with Crippen LogP contribution >= 0.6 is 23.1 Å². The number of amides is 1. The molecule has 3 aromatic rings. The number of thiazole rings is 1. The van der Waals surface area contributed by atoms with Gasteiger partial charge < -0.3 is 25.6 Å². The minimum Gasteiger partial charge on any atom is -0.494 e. The first kappa shape index (κ1) is 25.3. The van der Waals surface area contributed by atoms with Gasteiger partial charge >= 0.3 is 10.8 Å². The van der Waals surface area contributed by atoms with Crippen LogP contribution in [-0.4, -0.2) is 46.7 Å². The summed E-state index contributed by atoms with van der Waals surface area (Å²) in [6.45, 7) is 0. The molecule has 2 unspecified atom stereocenters. The minimum atomic E-state index is -0.854. The van der Waals surface area contributed by atoms with Crippen LogP contribution in [-0.2, 0) is 27.2 Å². The van der Waals surface area contributed by atoms with Crippen molar-refractivity contribution in [1.82, 2.24) is 10.3 Å². The van der Waals surface area contributed by atoms with Crippen molar-refractivity contribution in [3.63, 3.8) is 0 Å². The summed E-state index contributed by atoms with van der Waals surface area (Å²) in [4.78, 5) is 38.1. The second-order valence-electron chi connectivity index (χ2n) is 7.30. The number of hydrogen-bond acceptors (Lipinski definition) is 9. The van der Waals surface area contributed by atoms with Crippen LogP contribution in [0.15, 0.2) is 53.3 Å². The first-order valence-corrected chi connectivity index (χ1v) is 12.3. The summed E-state index contributed by atoms with van der Waals surface area (Å²) in [7, 11) is 1.26. The molecule has 1 amide bonds. The number of esters is 1. The Morgan fingerprint density at radius 2 is 1.71 bits per heavy atom. The monoisotopic (exact) mass is 503 g/mol. The molecule has 11 heteroatoms. The van der Waals surface area contributed by atoms with E-state index in [0.29, 0.717) is 22.8 Å². The van der Waals surface area contributed by atoms with Crippen LogP contribution in [0, 0.1) is 0 Å². The van der Waals surface area contributed by atoms with Gasteiger partial charge in [-0.2, -0.15) is 0 Å². The van der Waals surface area contributed by atoms with Crippen LogP contribution in [0.25, 0.3) is 0 Å². The van der Waals surface area contributed by atoms with Crippen LogP contribution in [0.5, 0.6) is 17.4 Å². The Morgan fingerprint density at radius 3 is 2.21 bits per heavy atom. The molecule has 0 aliphatic rings. The van der Waals surface area contributed by atoms with E-state index in [9.17, 15) is 19.5 Å². The number of rotatable bonds is 10. The fraction of sp³-hybridized carbons (Fsp3) is 0.261. The molecule has 0 saturated carbocycles. The summed E-state index contributed by atoms with van der Waals surface area (Å²) in [5, 5.41) is 11.6. The SMILES string of the molecule is COC(=O)C(Cc1ccc(Oc2ccc(Cc3sc(=O)[nH]c3O)cc2)cc1)NC(=O)C(N)SC. The van der Waals surface area contributed by atoms with Crippen molar-refractivity contribution < 1.29 is 24.2 Å². The van der Waals surface area contributed by atoms with Gasteiger partial charge in [-0.3, -0.25) is 14.6 Å². The maximum atomic E-state index is 12.1. The molecule has 0 saturated heterocycles. The topological polar surface area (TPSA) is 144 Å². The molecular weight excluding hydrogens is 478 g/mol. The van der Waals surface area contributed by atoms with Gasteiger partial charge in [-0.25, -0.2) is 4.79 Å². The van der Waals surface area contributed by atoms with Crippen molar-refractivity contribution in [3.8, 4) is 17.4 Å². The largest absolute Gasteiger partial charge is 0.494 e. The maximum Gasteiger partial charge on any atom is 0.328 e. The summed E-state index contributed by atoms with van der Waals surface area (Å²) in [5.74, 6) is 0.126. The molecule has 180 valence electrons. The predicted octanol–water partition coefficient (Wildman–Crippen LogP) is 2.37. The van der Waals surface area contributed by atoms with E-state index in [1.165, 1.54) is 18.9 Å². The van der Waals surface area contributed by atoms with Gasteiger partial charge in [0, 0.05) is 12.8 Å². The van der Waals surface area contributed by atoms with E-state index in [2.05, 4.69) is 10.3 Å². The standard InChI is InChI=1S/C23H25N3O6S2/c1-31-22(29)17(25-21(28)19(24)33-2)11-13-3-7-15(8-4-13)32-16-9-5-14(6-10-16)12-18-20(27)26-23(30)34-18/h3-10,17,19,27H,11-12,24H2,1-2H3,(H,25,28)(H,26,30). The van der Waals surface area contributed by atoms with Crippen molar-refractivity contribution in [3.05, 3.63) is 74.2 Å². The third-order valence-corrected chi connectivity index (χ3v) is 6.50. The molecule has 9 nitrogen and oxygen atoms in total. The zero-order valence-corrected chi connectivity index (χ0v) is 20.2. The highest BCUT2D eigenvalue weighted by Gasteiger charge is 2.24. The molecule has 3 rings (SSSR count). The van der Waals surface area contributed by atoms with Gasteiger partial charge in [0.05, 0.1) is 12.0 Å². The van der Waals surface area contributed by atoms with Crippen molar-refractivity contribution in [1.29, 1.82) is 0 Å². The Kier molecular flexibility index (Phi) is 8.74. The lowest BCUT2D eigenvalue weighted by Crippen LogP contribution is -2.48. The Morgan fingerprint density at radius 1 is 1.12 bits per heavy atom. The van der Waals surface area contributed by atoms with Crippen molar-refractivity contribution in [2.45, 2.75) is 24.3 Å². The molecule has 1 aromatic heterocycles. The van der Waals surface area contributed by atoms with Gasteiger partial charge in [-0.1, -0.05) is 35.6 Å². The fourth-order valence-electron chi connectivity index (χ4n) is 3.09. The van der Waals surface area contributed by atoms with E-state index < -0.39 is 23.3 Å². The van der Waals surface area contributed by atoms with Gasteiger partial charge in [0.15, 0.2) is 0 Å². The predicted molar refractivity (Wildman–Crippen MR) is 132 cm³/mol. The van der Waals surface area contributed by atoms with Crippen LogP contribution in [0.1, 0.15) is 16.0 Å². The zero-order valence-electron chi connectivity index (χ0n) is 18.6. The van der Waals surface area contributed by atoms with E-state index in [4.69, 9.17) is 15.2 Å². The molecule has 0 spiro atoms. The number of hydrogen-bond donors (Lipinski definition) is 4. The van der Waals surface area contributed by atoms with Gasteiger partial charge in [0.2, 0.25) is 11.8 Å². The lowest BCUT2D eigenvalue weighted by molar-refractivity contribution is -0.145. The Hall–Kier alpha value is -3.28. The van der Waals surface area contributed by atoms with Gasteiger partial charge in [0.25, 0.3) is 0 Å². The van der Waals surface area contributed by atoms with E-state index in [-0.39, 0.29) is 17.2 Å². The third-order valence-electron chi connectivity index (χ3n) is 4.90. The Bertz CT molecular complexity index is 1170. The van der Waals surface area contributed by atoms with E-state index in [1.54, 1.807) is 42.7 Å². The number of aromatic hydroxyl groups is 1. The van der Waals surface area contributed by atoms with E-state index >= 15 is 0 Å². The van der Waals surface area contributed by atoms with Gasteiger partial charge in [-0.05, 0) is 41.6 Å². The highest BCUT2D eigenvalue weighted by molar-refractivity contribution is 7.99. The molecule has 34 heavy (non-hydrogen) atoms. The number of thioether (sulfide) groups is 1. The molecule has 0 aliphatic carbocycles. The second kappa shape index (κ2) is 11.7. The van der Waals surface area contributed by atoms with Gasteiger partial charge in [-0.15, -0.1) is 11.8 Å². The zero-order chi connectivity index (χ0) is 24.7. The average Bonchev–Trinajstić information content (AvgIpc) is 3.16. The minimum absolute atomic E-state index is 0.100. The molecule has 0 fully saturated rings. The normalized spacial score (nSPS) is 12.6. The van der Waals surface area contributed by atoms with Crippen LogP contribution in [0.4, 0.5) is 0 Å². The highest BCUT2D eigenvalue weighted by atomic mass is 32.2. The number of nitrogens with two attached hydrogens (primary N) is 1. The molecule has 1 heterocycles. The average molecular weight is 504 g/mol. The van der Waals surface area contributed by atoms with Crippen molar-refractivity contribution >= 4 is 35.0 Å². The number of aromatic nitrogens is 1. The number of carbonyl (C=O) groups is 2. The molecule has 5 N–H and O–H groups in total. The summed E-state index contributed by atoms with van der Waals surface area (Å²) in [5.41, 5.74) is 7.43.